The molecule has 4 nitrogen and oxygen atoms in total. The van der Waals surface area contributed by atoms with E-state index in [0.29, 0.717) is 0 Å². The summed E-state index contributed by atoms with van der Waals surface area (Å²) in [6, 6.07) is 2.41. The molecule has 0 saturated heterocycles. The molecular formula is C9H6ClF3N2O2. The largest absolute Gasteiger partial charge is 0.441 e. The zero-order chi connectivity index (χ0) is 12.8. The van der Waals surface area contributed by atoms with Gasteiger partial charge in [0.1, 0.15) is 0 Å². The summed E-state index contributed by atoms with van der Waals surface area (Å²) in [4.78, 5) is 11.1. The summed E-state index contributed by atoms with van der Waals surface area (Å²) < 4.78 is 38.3. The molecule has 1 aliphatic rings. The summed E-state index contributed by atoms with van der Waals surface area (Å²) in [5, 5.41) is 13.1. The normalized spacial score (nSPS) is 23.7. The molecule has 1 atom stereocenters. The topological polar surface area (TPSA) is 61.4 Å². The van der Waals surface area contributed by atoms with E-state index in [1.54, 1.807) is 0 Å². The van der Waals surface area contributed by atoms with Gasteiger partial charge in [0.05, 0.1) is 10.7 Å². The van der Waals surface area contributed by atoms with Gasteiger partial charge in [0.25, 0.3) is 5.72 Å². The van der Waals surface area contributed by atoms with Crippen LogP contribution in [0, 0.1) is 0 Å². The summed E-state index contributed by atoms with van der Waals surface area (Å²) in [5.74, 6) is 0. The van der Waals surface area contributed by atoms with E-state index in [-0.39, 0.29) is 10.7 Å². The highest BCUT2D eigenvalue weighted by Crippen LogP contribution is 2.43. The Hall–Kier alpha value is -1.47. The van der Waals surface area contributed by atoms with Crippen molar-refractivity contribution in [3.63, 3.8) is 0 Å². The van der Waals surface area contributed by atoms with E-state index in [0.717, 1.165) is 6.07 Å². The van der Waals surface area contributed by atoms with Crippen LogP contribution in [0.3, 0.4) is 0 Å². The molecule has 3 N–H and O–H groups in total. The maximum Gasteiger partial charge on any atom is 0.441 e. The van der Waals surface area contributed by atoms with Crippen molar-refractivity contribution < 1.29 is 23.1 Å². The number of nitrogens with one attached hydrogen (secondary N) is 2. The predicted molar refractivity (Wildman–Crippen MR) is 53.6 cm³/mol. The molecule has 1 aromatic rings. The number of amides is 2. The molecule has 1 aromatic carbocycles. The minimum Gasteiger partial charge on any atom is -0.360 e. The molecule has 92 valence electrons. The molecule has 0 saturated carbocycles. The second-order valence-corrected chi connectivity index (χ2v) is 3.86. The number of para-hydroxylation sites is 1. The Labute approximate surface area is 98.4 Å². The Kier molecular flexibility index (Phi) is 2.48. The summed E-state index contributed by atoms with van der Waals surface area (Å²) in [7, 11) is 0. The minimum absolute atomic E-state index is 0.0833. The zero-order valence-electron chi connectivity index (χ0n) is 8.10. The van der Waals surface area contributed by atoms with Crippen LogP contribution in [0.15, 0.2) is 18.2 Å². The lowest BCUT2D eigenvalue weighted by Crippen LogP contribution is -2.60. The van der Waals surface area contributed by atoms with Gasteiger partial charge >= 0.3 is 12.2 Å². The Balaban J connectivity index is 2.68. The van der Waals surface area contributed by atoms with E-state index < -0.39 is 23.5 Å². The zero-order valence-corrected chi connectivity index (χ0v) is 8.86. The molecule has 2 rings (SSSR count). The average molecular weight is 267 g/mol. The van der Waals surface area contributed by atoms with Gasteiger partial charge in [0.15, 0.2) is 0 Å². The van der Waals surface area contributed by atoms with Gasteiger partial charge in [-0.25, -0.2) is 4.79 Å². The third-order valence-electron chi connectivity index (χ3n) is 2.35. The minimum atomic E-state index is -5.05. The number of hydrogen-bond donors (Lipinski definition) is 3. The Morgan fingerprint density at radius 1 is 1.35 bits per heavy atom. The van der Waals surface area contributed by atoms with Gasteiger partial charge in [-0.1, -0.05) is 23.7 Å². The molecule has 0 bridgehead atoms. The molecule has 0 spiro atoms. The van der Waals surface area contributed by atoms with Crippen LogP contribution in [0.25, 0.3) is 0 Å². The van der Waals surface area contributed by atoms with E-state index in [9.17, 15) is 23.1 Å². The van der Waals surface area contributed by atoms with Crippen LogP contribution in [0.1, 0.15) is 5.56 Å². The summed E-state index contributed by atoms with van der Waals surface area (Å²) in [5.41, 5.74) is -4.23. The first kappa shape index (κ1) is 12.0. The third kappa shape index (κ3) is 1.71. The smallest absolute Gasteiger partial charge is 0.360 e. The lowest BCUT2D eigenvalue weighted by molar-refractivity contribution is -0.274. The van der Waals surface area contributed by atoms with Crippen molar-refractivity contribution in [1.82, 2.24) is 5.32 Å². The van der Waals surface area contributed by atoms with Crippen LogP contribution in [0.2, 0.25) is 5.02 Å². The predicted octanol–water partition coefficient (Wildman–Crippen LogP) is 2.18. The second-order valence-electron chi connectivity index (χ2n) is 3.45. The van der Waals surface area contributed by atoms with E-state index in [2.05, 4.69) is 5.32 Å². The maximum absolute atomic E-state index is 12.8. The molecule has 0 radical (unpaired) electrons. The lowest BCUT2D eigenvalue weighted by Gasteiger charge is -2.36. The van der Waals surface area contributed by atoms with E-state index >= 15 is 0 Å². The number of alkyl halides is 3. The van der Waals surface area contributed by atoms with Gasteiger partial charge in [-0.2, -0.15) is 13.2 Å². The average Bonchev–Trinajstić information content (AvgIpc) is 2.18. The number of benzene rings is 1. The molecule has 1 aliphatic heterocycles. The Morgan fingerprint density at radius 2 is 2.00 bits per heavy atom. The fourth-order valence-corrected chi connectivity index (χ4v) is 1.77. The van der Waals surface area contributed by atoms with Crippen molar-refractivity contribution in [3.05, 3.63) is 28.8 Å². The second kappa shape index (κ2) is 3.51. The number of urea groups is 1. The van der Waals surface area contributed by atoms with Gasteiger partial charge in [0.2, 0.25) is 0 Å². The molecule has 8 heteroatoms. The van der Waals surface area contributed by atoms with E-state index in [1.807, 2.05) is 0 Å². The molecule has 1 heterocycles. The highest BCUT2D eigenvalue weighted by Gasteiger charge is 2.59. The number of fused-ring (bicyclic) bond motifs is 1. The molecular weight excluding hydrogens is 261 g/mol. The number of rotatable bonds is 0. The van der Waals surface area contributed by atoms with Gasteiger partial charge in [-0.3, -0.25) is 5.32 Å². The third-order valence-corrected chi connectivity index (χ3v) is 2.66. The van der Waals surface area contributed by atoms with Gasteiger partial charge in [-0.15, -0.1) is 0 Å². The quantitative estimate of drug-likeness (QED) is 0.674. The molecule has 0 fully saturated rings. The first-order chi connectivity index (χ1) is 7.75. The molecule has 0 aromatic heterocycles. The summed E-state index contributed by atoms with van der Waals surface area (Å²) >= 11 is 5.66. The van der Waals surface area contributed by atoms with Gasteiger partial charge < -0.3 is 10.4 Å². The van der Waals surface area contributed by atoms with Crippen molar-refractivity contribution in [2.75, 3.05) is 5.32 Å². The van der Waals surface area contributed by atoms with Crippen LogP contribution in [-0.2, 0) is 5.72 Å². The van der Waals surface area contributed by atoms with Crippen molar-refractivity contribution in [2.24, 2.45) is 0 Å². The highest BCUT2D eigenvalue weighted by atomic mass is 35.5. The fraction of sp³-hybridized carbons (Fsp3) is 0.222. The van der Waals surface area contributed by atoms with E-state index in [1.165, 1.54) is 17.4 Å². The van der Waals surface area contributed by atoms with Crippen LogP contribution in [-0.4, -0.2) is 17.3 Å². The summed E-state index contributed by atoms with van der Waals surface area (Å²) in [6.45, 7) is 0. The number of carbonyl (C=O) groups is 1. The van der Waals surface area contributed by atoms with Crippen LogP contribution in [0.4, 0.5) is 23.7 Å². The Morgan fingerprint density at radius 3 is 2.59 bits per heavy atom. The van der Waals surface area contributed by atoms with Gasteiger partial charge in [-0.05, 0) is 6.07 Å². The Bertz CT molecular complexity index is 492. The number of halogens is 4. The standard InChI is InChI=1S/C9H6ClF3N2O2/c10-5-3-1-2-4-6(5)14-7(16)15-8(4,17)9(11,12)13/h1-3,17H,(H2,14,15,16). The summed E-state index contributed by atoms with van der Waals surface area (Å²) in [6.07, 6.45) is -5.05. The number of carbonyl (C=O) groups excluding carboxylic acids is 1. The maximum atomic E-state index is 12.8. The van der Waals surface area contributed by atoms with Crippen molar-refractivity contribution >= 4 is 23.3 Å². The van der Waals surface area contributed by atoms with Crippen LogP contribution in [0.5, 0.6) is 0 Å². The first-order valence-electron chi connectivity index (χ1n) is 4.43. The molecule has 1 unspecified atom stereocenters. The number of anilines is 1. The van der Waals surface area contributed by atoms with Crippen molar-refractivity contribution in [1.29, 1.82) is 0 Å². The molecule has 0 aliphatic carbocycles. The highest BCUT2D eigenvalue weighted by molar-refractivity contribution is 6.34. The molecule has 17 heavy (non-hydrogen) atoms. The number of hydrogen-bond acceptors (Lipinski definition) is 2. The van der Waals surface area contributed by atoms with Crippen molar-refractivity contribution in [3.8, 4) is 0 Å². The van der Waals surface area contributed by atoms with Crippen molar-refractivity contribution in [2.45, 2.75) is 11.9 Å². The van der Waals surface area contributed by atoms with E-state index in [4.69, 9.17) is 11.6 Å². The van der Waals surface area contributed by atoms with Crippen LogP contribution >= 0.6 is 11.6 Å². The first-order valence-corrected chi connectivity index (χ1v) is 4.81. The SMILES string of the molecule is O=C1Nc2c(Cl)cccc2C(O)(C(F)(F)F)N1. The lowest BCUT2D eigenvalue weighted by atomic mass is 9.98. The van der Waals surface area contributed by atoms with Crippen LogP contribution < -0.4 is 10.6 Å². The monoisotopic (exact) mass is 266 g/mol. The van der Waals surface area contributed by atoms with Gasteiger partial charge in [0, 0.05) is 5.56 Å². The fourth-order valence-electron chi connectivity index (χ4n) is 1.55. The number of aliphatic hydroxyl groups is 1. The molecule has 2 amide bonds.